The van der Waals surface area contributed by atoms with Crippen molar-refractivity contribution in [3.8, 4) is 6.07 Å². The van der Waals surface area contributed by atoms with E-state index < -0.39 is 5.92 Å². The molecular weight excluding hydrogens is 244 g/mol. The molecule has 0 aliphatic rings. The van der Waals surface area contributed by atoms with E-state index in [0.717, 1.165) is 5.56 Å². The van der Waals surface area contributed by atoms with E-state index in [-0.39, 0.29) is 18.3 Å². The average Bonchev–Trinajstić information content (AvgIpc) is 2.92. The first kappa shape index (κ1) is 12.8. The van der Waals surface area contributed by atoms with Gasteiger partial charge in [0.1, 0.15) is 18.3 Å². The van der Waals surface area contributed by atoms with Gasteiger partial charge in [-0.1, -0.05) is 30.3 Å². The minimum absolute atomic E-state index is 0.0803. The van der Waals surface area contributed by atoms with E-state index in [9.17, 15) is 4.79 Å². The molecule has 1 aromatic heterocycles. The summed E-state index contributed by atoms with van der Waals surface area (Å²) in [7, 11) is 1.35. The van der Waals surface area contributed by atoms with Crippen molar-refractivity contribution in [3.63, 3.8) is 0 Å². The van der Waals surface area contributed by atoms with E-state index in [0.29, 0.717) is 0 Å². The van der Waals surface area contributed by atoms with Crippen molar-refractivity contribution in [2.75, 3.05) is 7.11 Å². The molecule has 2 rings (SSSR count). The van der Waals surface area contributed by atoms with Crippen molar-refractivity contribution in [2.24, 2.45) is 0 Å². The molecule has 0 N–H and O–H groups in total. The lowest BCUT2D eigenvalue weighted by Crippen LogP contribution is -2.20. The van der Waals surface area contributed by atoms with Crippen molar-refractivity contribution in [3.05, 3.63) is 48.0 Å². The third-order valence-corrected chi connectivity index (χ3v) is 2.69. The molecule has 2 aromatic rings. The highest BCUT2D eigenvalue weighted by Crippen LogP contribution is 2.19. The van der Waals surface area contributed by atoms with E-state index in [1.807, 2.05) is 36.4 Å². The molecule has 1 unspecified atom stereocenters. The topological polar surface area (TPSA) is 80.8 Å². The summed E-state index contributed by atoms with van der Waals surface area (Å²) in [6, 6.07) is 11.1. The van der Waals surface area contributed by atoms with Crippen molar-refractivity contribution in [2.45, 2.75) is 12.5 Å². The lowest BCUT2D eigenvalue weighted by molar-refractivity contribution is -0.142. The molecular formula is C13H12N4O2. The highest BCUT2D eigenvalue weighted by molar-refractivity contribution is 5.77. The van der Waals surface area contributed by atoms with E-state index in [4.69, 9.17) is 10.00 Å². The largest absolute Gasteiger partial charge is 0.468 e. The zero-order valence-electron chi connectivity index (χ0n) is 10.4. The normalized spacial score (nSPS) is 11.6. The summed E-state index contributed by atoms with van der Waals surface area (Å²) in [4.78, 5) is 15.6. The van der Waals surface area contributed by atoms with Gasteiger partial charge in [-0.2, -0.15) is 5.26 Å². The summed E-state index contributed by atoms with van der Waals surface area (Å²) >= 11 is 0. The van der Waals surface area contributed by atoms with E-state index >= 15 is 0 Å². The van der Waals surface area contributed by atoms with Gasteiger partial charge in [0.2, 0.25) is 0 Å². The molecule has 0 fully saturated rings. The van der Waals surface area contributed by atoms with Crippen molar-refractivity contribution in [1.29, 1.82) is 5.26 Å². The van der Waals surface area contributed by atoms with Crippen LogP contribution in [0.4, 0.5) is 0 Å². The number of carbonyl (C=O) groups is 1. The molecule has 1 aromatic carbocycles. The first-order valence-corrected chi connectivity index (χ1v) is 5.67. The van der Waals surface area contributed by atoms with Crippen LogP contribution in [0.1, 0.15) is 17.3 Å². The predicted octanol–water partition coefficient (Wildman–Crippen LogP) is 1.11. The SMILES string of the molecule is COC(=O)C(Cn1cnc(C#N)n1)c1ccccc1. The van der Waals surface area contributed by atoms with Gasteiger partial charge in [-0.25, -0.2) is 4.98 Å². The monoisotopic (exact) mass is 256 g/mol. The number of rotatable bonds is 4. The van der Waals surface area contributed by atoms with Gasteiger partial charge in [-0.05, 0) is 5.56 Å². The van der Waals surface area contributed by atoms with E-state index in [1.54, 1.807) is 0 Å². The average molecular weight is 256 g/mol. The van der Waals surface area contributed by atoms with Crippen LogP contribution in [-0.2, 0) is 16.1 Å². The second kappa shape index (κ2) is 5.78. The highest BCUT2D eigenvalue weighted by Gasteiger charge is 2.22. The Labute approximate surface area is 110 Å². The van der Waals surface area contributed by atoms with Gasteiger partial charge in [-0.3, -0.25) is 9.48 Å². The molecule has 1 atom stereocenters. The Balaban J connectivity index is 2.24. The molecule has 0 radical (unpaired) electrons. The van der Waals surface area contributed by atoms with Gasteiger partial charge in [0.25, 0.3) is 5.82 Å². The number of benzene rings is 1. The molecule has 0 amide bonds. The number of hydrogen-bond donors (Lipinski definition) is 0. The van der Waals surface area contributed by atoms with E-state index in [2.05, 4.69) is 10.1 Å². The van der Waals surface area contributed by atoms with Crippen molar-refractivity contribution < 1.29 is 9.53 Å². The molecule has 6 nitrogen and oxygen atoms in total. The lowest BCUT2D eigenvalue weighted by atomic mass is 9.99. The number of aromatic nitrogens is 3. The standard InChI is InChI=1S/C13H12N4O2/c1-19-13(18)11(10-5-3-2-4-6-10)8-17-9-15-12(7-14)16-17/h2-6,9,11H,8H2,1H3. The second-order valence-electron chi connectivity index (χ2n) is 3.89. The van der Waals surface area contributed by atoms with Crippen LogP contribution in [0.3, 0.4) is 0 Å². The van der Waals surface area contributed by atoms with Crippen LogP contribution < -0.4 is 0 Å². The van der Waals surface area contributed by atoms with Gasteiger partial charge in [0, 0.05) is 0 Å². The fourth-order valence-corrected chi connectivity index (χ4v) is 1.76. The predicted molar refractivity (Wildman–Crippen MR) is 65.9 cm³/mol. The molecule has 0 aliphatic heterocycles. The fourth-order valence-electron chi connectivity index (χ4n) is 1.76. The Bertz CT molecular complexity index is 601. The quantitative estimate of drug-likeness (QED) is 0.765. The fraction of sp³-hybridized carbons (Fsp3) is 0.231. The van der Waals surface area contributed by atoms with Crippen molar-refractivity contribution in [1.82, 2.24) is 14.8 Å². The maximum atomic E-state index is 11.8. The molecule has 6 heteroatoms. The van der Waals surface area contributed by atoms with Crippen LogP contribution >= 0.6 is 0 Å². The van der Waals surface area contributed by atoms with Gasteiger partial charge in [0.05, 0.1) is 13.7 Å². The summed E-state index contributed by atoms with van der Waals surface area (Å²) < 4.78 is 6.27. The van der Waals surface area contributed by atoms with Crippen LogP contribution in [0.25, 0.3) is 0 Å². The number of methoxy groups -OCH3 is 1. The number of nitriles is 1. The third kappa shape index (κ3) is 2.96. The third-order valence-electron chi connectivity index (χ3n) is 2.69. The Morgan fingerprint density at radius 3 is 2.79 bits per heavy atom. The number of hydrogen-bond acceptors (Lipinski definition) is 5. The molecule has 0 saturated carbocycles. The maximum absolute atomic E-state index is 11.8. The summed E-state index contributed by atoms with van der Waals surface area (Å²) in [5.41, 5.74) is 0.836. The molecule has 0 aliphatic carbocycles. The summed E-state index contributed by atoms with van der Waals surface area (Å²) in [6.07, 6.45) is 1.43. The van der Waals surface area contributed by atoms with Crippen LogP contribution in [0.5, 0.6) is 0 Å². The molecule has 19 heavy (non-hydrogen) atoms. The van der Waals surface area contributed by atoms with Crippen LogP contribution in [0.15, 0.2) is 36.7 Å². The number of carbonyl (C=O) groups excluding carboxylic acids is 1. The van der Waals surface area contributed by atoms with Crippen molar-refractivity contribution >= 4 is 5.97 Å². The minimum Gasteiger partial charge on any atom is -0.468 e. The maximum Gasteiger partial charge on any atom is 0.315 e. The van der Waals surface area contributed by atoms with E-state index in [1.165, 1.54) is 18.1 Å². The van der Waals surface area contributed by atoms with Crippen LogP contribution in [-0.4, -0.2) is 27.8 Å². The minimum atomic E-state index is -0.473. The highest BCUT2D eigenvalue weighted by atomic mass is 16.5. The second-order valence-corrected chi connectivity index (χ2v) is 3.89. The van der Waals surface area contributed by atoms with Gasteiger partial charge in [0.15, 0.2) is 0 Å². The number of esters is 1. The molecule has 0 bridgehead atoms. The Hall–Kier alpha value is -2.68. The number of ether oxygens (including phenoxy) is 1. The van der Waals surface area contributed by atoms with Crippen LogP contribution in [0.2, 0.25) is 0 Å². The smallest absolute Gasteiger partial charge is 0.315 e. The Kier molecular flexibility index (Phi) is 3.88. The molecule has 1 heterocycles. The van der Waals surface area contributed by atoms with Gasteiger partial charge >= 0.3 is 5.97 Å². The zero-order chi connectivity index (χ0) is 13.7. The number of nitrogens with zero attached hydrogens (tertiary/aromatic N) is 4. The van der Waals surface area contributed by atoms with Gasteiger partial charge in [-0.15, -0.1) is 5.10 Å². The first-order valence-electron chi connectivity index (χ1n) is 5.67. The lowest BCUT2D eigenvalue weighted by Gasteiger charge is -2.14. The molecule has 96 valence electrons. The van der Waals surface area contributed by atoms with Crippen LogP contribution in [0, 0.1) is 11.3 Å². The zero-order valence-corrected chi connectivity index (χ0v) is 10.4. The summed E-state index contributed by atoms with van der Waals surface area (Å²) in [5, 5.41) is 12.6. The molecule has 0 saturated heterocycles. The Morgan fingerprint density at radius 1 is 1.47 bits per heavy atom. The first-order chi connectivity index (χ1) is 9.24. The Morgan fingerprint density at radius 2 is 2.21 bits per heavy atom. The van der Waals surface area contributed by atoms with Gasteiger partial charge < -0.3 is 4.74 Å². The molecule has 0 spiro atoms. The summed E-state index contributed by atoms with van der Waals surface area (Å²) in [6.45, 7) is 0.283. The summed E-state index contributed by atoms with van der Waals surface area (Å²) in [5.74, 6) is -0.740.